The van der Waals surface area contributed by atoms with Gasteiger partial charge >= 0.3 is 0 Å². The number of amides is 3. The third-order valence-corrected chi connectivity index (χ3v) is 7.40. The number of aryl methyl sites for hydroxylation is 1. The van der Waals surface area contributed by atoms with E-state index in [9.17, 15) is 14.4 Å². The first-order chi connectivity index (χ1) is 20.8. The highest BCUT2D eigenvalue weighted by molar-refractivity contribution is 5.94. The number of benzene rings is 3. The van der Waals surface area contributed by atoms with Crippen LogP contribution < -0.4 is 20.3 Å². The molecule has 8 nitrogen and oxygen atoms in total. The van der Waals surface area contributed by atoms with Gasteiger partial charge in [0.2, 0.25) is 17.7 Å². The number of likely N-dealkylation sites (tertiary alicyclic amines) is 1. The minimum absolute atomic E-state index is 0.0102. The average Bonchev–Trinajstić information content (AvgIpc) is 3.51. The van der Waals surface area contributed by atoms with E-state index in [1.54, 1.807) is 12.0 Å². The number of nitrogens with zero attached hydrogens (tertiary/aromatic N) is 2. The maximum atomic E-state index is 12.6. The number of nitrogens with one attached hydrogen (secondary N) is 2. The smallest absolute Gasteiger partial charge is 0.242 e. The molecule has 1 unspecified atom stereocenters. The molecule has 2 aliphatic rings. The molecule has 0 aliphatic carbocycles. The van der Waals surface area contributed by atoms with Gasteiger partial charge in [-0.05, 0) is 68.1 Å². The molecule has 1 fully saturated rings. The molecule has 0 aromatic heterocycles. The predicted octanol–water partition coefficient (Wildman–Crippen LogP) is 4.89. The monoisotopic (exact) mass is 586 g/mol. The van der Waals surface area contributed by atoms with Gasteiger partial charge in [0.15, 0.2) is 0 Å². The molecule has 0 bridgehead atoms. The molecule has 230 valence electrons. The van der Waals surface area contributed by atoms with Crippen LogP contribution in [0.5, 0.6) is 5.75 Å². The van der Waals surface area contributed by atoms with Crippen LogP contribution in [-0.4, -0.2) is 62.0 Å². The van der Waals surface area contributed by atoms with Gasteiger partial charge in [0.25, 0.3) is 0 Å². The number of rotatable bonds is 7. The van der Waals surface area contributed by atoms with E-state index < -0.39 is 0 Å². The summed E-state index contributed by atoms with van der Waals surface area (Å²) < 4.78 is 4.97. The number of ether oxygens (including phenoxy) is 1. The highest BCUT2D eigenvalue weighted by Crippen LogP contribution is 2.24. The van der Waals surface area contributed by atoms with Crippen molar-refractivity contribution in [2.45, 2.75) is 59.0 Å². The van der Waals surface area contributed by atoms with Gasteiger partial charge in [-0.1, -0.05) is 67.1 Å². The number of para-hydroxylation sites is 1. The van der Waals surface area contributed by atoms with E-state index in [-0.39, 0.29) is 30.3 Å². The van der Waals surface area contributed by atoms with Crippen LogP contribution in [0.4, 0.5) is 5.69 Å². The third kappa shape index (κ3) is 10.9. The molecular formula is C35H46N4O4. The zero-order valence-electron chi connectivity index (χ0n) is 26.0. The second kappa shape index (κ2) is 17.7. The summed E-state index contributed by atoms with van der Waals surface area (Å²) in [4.78, 5) is 39.2. The van der Waals surface area contributed by atoms with Crippen molar-refractivity contribution in [2.75, 3.05) is 38.2 Å². The molecule has 0 spiro atoms. The topological polar surface area (TPSA) is 91.0 Å². The van der Waals surface area contributed by atoms with E-state index in [2.05, 4.69) is 41.8 Å². The summed E-state index contributed by atoms with van der Waals surface area (Å²) in [6.45, 7) is 8.73. The minimum atomic E-state index is -0.219. The Balaban J connectivity index is 0.000000215. The largest absolute Gasteiger partial charge is 0.497 e. The summed E-state index contributed by atoms with van der Waals surface area (Å²) in [5, 5.41) is 5.87. The lowest BCUT2D eigenvalue weighted by Gasteiger charge is -2.29. The molecule has 2 N–H and O–H groups in total. The minimum Gasteiger partial charge on any atom is -0.497 e. The van der Waals surface area contributed by atoms with Crippen molar-refractivity contribution in [3.8, 4) is 5.75 Å². The molecule has 5 rings (SSSR count). The molecule has 3 aromatic carbocycles. The highest BCUT2D eigenvalue weighted by Gasteiger charge is 2.33. The van der Waals surface area contributed by atoms with Gasteiger partial charge in [0.05, 0.1) is 19.7 Å². The lowest BCUT2D eigenvalue weighted by Crippen LogP contribution is -2.44. The first-order valence-electron chi connectivity index (χ1n) is 15.1. The van der Waals surface area contributed by atoms with Crippen molar-refractivity contribution in [3.05, 3.63) is 95.6 Å². The highest BCUT2D eigenvalue weighted by atomic mass is 16.5. The molecule has 2 aliphatic heterocycles. The van der Waals surface area contributed by atoms with Gasteiger partial charge < -0.3 is 25.2 Å². The molecule has 0 saturated carbocycles. The molecular weight excluding hydrogens is 540 g/mol. The zero-order valence-corrected chi connectivity index (χ0v) is 26.0. The Kier molecular flexibility index (Phi) is 13.7. The van der Waals surface area contributed by atoms with Crippen molar-refractivity contribution in [1.82, 2.24) is 15.5 Å². The number of hydrogen-bond acceptors (Lipinski definition) is 5. The lowest BCUT2D eigenvalue weighted by molar-refractivity contribution is -0.131. The third-order valence-electron chi connectivity index (χ3n) is 7.40. The van der Waals surface area contributed by atoms with E-state index >= 15 is 0 Å². The van der Waals surface area contributed by atoms with Gasteiger partial charge in [0.1, 0.15) is 5.75 Å². The maximum Gasteiger partial charge on any atom is 0.242 e. The fraction of sp³-hybridized carbons (Fsp3) is 0.400. The quantitative estimate of drug-likeness (QED) is 0.411. The summed E-state index contributed by atoms with van der Waals surface area (Å²) >= 11 is 0. The summed E-state index contributed by atoms with van der Waals surface area (Å²) in [5.41, 5.74) is 5.11. The Hall–Kier alpha value is -4.17. The van der Waals surface area contributed by atoms with Gasteiger partial charge in [-0.2, -0.15) is 0 Å². The second-order valence-corrected chi connectivity index (χ2v) is 10.8. The van der Waals surface area contributed by atoms with Gasteiger partial charge in [0, 0.05) is 38.7 Å². The normalized spacial score (nSPS) is 15.1. The SMILES string of the molecule is CCCC(=O)N(c1ccccc1)C1CCN(C(=O)CNC(C)=O)C1.COc1ccc(C)cc1.c1ccc2c(c1)CCNC2. The van der Waals surface area contributed by atoms with E-state index in [4.69, 9.17) is 4.74 Å². The zero-order chi connectivity index (χ0) is 31.0. The van der Waals surface area contributed by atoms with Crippen molar-refractivity contribution < 1.29 is 19.1 Å². The van der Waals surface area contributed by atoms with Crippen LogP contribution in [-0.2, 0) is 27.3 Å². The molecule has 0 radical (unpaired) electrons. The van der Waals surface area contributed by atoms with Crippen LogP contribution in [0.25, 0.3) is 0 Å². The van der Waals surface area contributed by atoms with Crippen LogP contribution in [0.15, 0.2) is 78.9 Å². The number of carbonyl (C=O) groups is 3. The fourth-order valence-electron chi connectivity index (χ4n) is 5.07. The Bertz CT molecular complexity index is 1270. The van der Waals surface area contributed by atoms with Crippen LogP contribution in [0.2, 0.25) is 0 Å². The molecule has 3 amide bonds. The molecule has 43 heavy (non-hydrogen) atoms. The van der Waals surface area contributed by atoms with Crippen molar-refractivity contribution in [2.24, 2.45) is 0 Å². The van der Waals surface area contributed by atoms with Crippen LogP contribution in [0.3, 0.4) is 0 Å². The predicted molar refractivity (Wildman–Crippen MR) is 172 cm³/mol. The van der Waals surface area contributed by atoms with Gasteiger partial charge in [-0.25, -0.2) is 0 Å². The van der Waals surface area contributed by atoms with Crippen LogP contribution in [0, 0.1) is 6.92 Å². The molecule has 1 saturated heterocycles. The standard InChI is InChI=1S/C18H25N3O3.C9H11N.C8H10O/c1-3-7-17(23)21(15-8-5-4-6-9-15)16-10-11-20(13-16)18(24)12-19-14(2)22;1-2-4-9-7-10-6-5-8(9)3-1;1-7-3-5-8(9-2)6-4-7/h4-6,8-9,16H,3,7,10-13H2,1-2H3,(H,19,22);1-4,10H,5-7H2;3-6H,1-2H3. The molecule has 2 heterocycles. The summed E-state index contributed by atoms with van der Waals surface area (Å²) in [5.74, 6) is 0.678. The number of anilines is 1. The number of methoxy groups -OCH3 is 1. The first kappa shape index (κ1) is 33.3. The Morgan fingerprint density at radius 1 is 0.977 bits per heavy atom. The summed E-state index contributed by atoms with van der Waals surface area (Å²) in [6.07, 6.45) is 3.22. The Morgan fingerprint density at radius 2 is 1.65 bits per heavy atom. The van der Waals surface area contributed by atoms with Gasteiger partial charge in [-0.15, -0.1) is 0 Å². The lowest BCUT2D eigenvalue weighted by atomic mass is 10.0. The Morgan fingerprint density at radius 3 is 2.28 bits per heavy atom. The fourth-order valence-corrected chi connectivity index (χ4v) is 5.07. The van der Waals surface area contributed by atoms with Crippen LogP contribution in [0.1, 0.15) is 49.8 Å². The van der Waals surface area contributed by atoms with Crippen molar-refractivity contribution >= 4 is 23.4 Å². The molecule has 3 aromatic rings. The maximum absolute atomic E-state index is 12.6. The van der Waals surface area contributed by atoms with E-state index in [0.29, 0.717) is 19.5 Å². The summed E-state index contributed by atoms with van der Waals surface area (Å²) in [7, 11) is 1.67. The van der Waals surface area contributed by atoms with E-state index in [1.807, 2.05) is 66.4 Å². The van der Waals surface area contributed by atoms with E-state index in [0.717, 1.165) is 37.4 Å². The average molecular weight is 587 g/mol. The van der Waals surface area contributed by atoms with E-state index in [1.165, 1.54) is 30.0 Å². The molecule has 1 atom stereocenters. The van der Waals surface area contributed by atoms with Gasteiger partial charge in [-0.3, -0.25) is 14.4 Å². The number of carbonyl (C=O) groups excluding carboxylic acids is 3. The first-order valence-corrected chi connectivity index (χ1v) is 15.1. The molecule has 8 heteroatoms. The Labute approximate surface area is 256 Å². The summed E-state index contributed by atoms with van der Waals surface area (Å²) in [6, 6.07) is 26.2. The number of fused-ring (bicyclic) bond motifs is 1. The van der Waals surface area contributed by atoms with Crippen LogP contribution >= 0.6 is 0 Å². The van der Waals surface area contributed by atoms with Crippen molar-refractivity contribution in [3.63, 3.8) is 0 Å². The number of hydrogen-bond donors (Lipinski definition) is 2. The van der Waals surface area contributed by atoms with Crippen molar-refractivity contribution in [1.29, 1.82) is 0 Å². The second-order valence-electron chi connectivity index (χ2n) is 10.8.